The molecule has 2 rings (SSSR count). The third-order valence-electron chi connectivity index (χ3n) is 2.85. The number of benzene rings is 1. The minimum atomic E-state index is 0.0754. The highest BCUT2D eigenvalue weighted by Crippen LogP contribution is 2.29. The van der Waals surface area contributed by atoms with E-state index in [0.717, 1.165) is 21.5 Å². The maximum Gasteiger partial charge on any atom is 0.106 e. The first kappa shape index (κ1) is 14.6. The number of hydrogen-bond acceptors (Lipinski definition) is 2. The molecule has 1 aromatic heterocycles. The van der Waals surface area contributed by atoms with Gasteiger partial charge in [0.25, 0.3) is 0 Å². The van der Waals surface area contributed by atoms with Crippen LogP contribution in [0.2, 0.25) is 10.0 Å². The minimum Gasteiger partial charge on any atom is -0.377 e. The van der Waals surface area contributed by atoms with Gasteiger partial charge < -0.3 is 5.32 Å². The molecule has 0 amide bonds. The molecule has 2 nitrogen and oxygen atoms in total. The van der Waals surface area contributed by atoms with Crippen LogP contribution in [-0.2, 0) is 0 Å². The molecule has 1 aromatic carbocycles. The van der Waals surface area contributed by atoms with Gasteiger partial charge in [0.1, 0.15) is 4.60 Å². The van der Waals surface area contributed by atoms with Crippen molar-refractivity contribution in [1.29, 1.82) is 0 Å². The van der Waals surface area contributed by atoms with Gasteiger partial charge in [-0.2, -0.15) is 0 Å². The summed E-state index contributed by atoms with van der Waals surface area (Å²) in [5.41, 5.74) is 2.93. The molecule has 0 spiro atoms. The number of nitrogens with zero attached hydrogens (tertiary/aromatic N) is 1. The Labute approximate surface area is 131 Å². The van der Waals surface area contributed by atoms with Crippen LogP contribution in [-0.4, -0.2) is 4.98 Å². The molecule has 0 bridgehead atoms. The van der Waals surface area contributed by atoms with E-state index in [1.165, 1.54) is 0 Å². The number of halogens is 3. The first-order valence-electron chi connectivity index (χ1n) is 5.82. The lowest BCUT2D eigenvalue weighted by Gasteiger charge is -2.18. The summed E-state index contributed by atoms with van der Waals surface area (Å²) in [6.07, 6.45) is 0. The van der Waals surface area contributed by atoms with Crippen LogP contribution in [0.25, 0.3) is 0 Å². The second-order valence-electron chi connectivity index (χ2n) is 4.30. The first-order valence-corrected chi connectivity index (χ1v) is 7.37. The molecule has 0 radical (unpaired) electrons. The number of hydrogen-bond donors (Lipinski definition) is 1. The van der Waals surface area contributed by atoms with Crippen LogP contribution in [0, 0.1) is 6.92 Å². The van der Waals surface area contributed by atoms with E-state index < -0.39 is 0 Å². The molecular formula is C14H13BrCl2N2. The maximum atomic E-state index is 6.21. The summed E-state index contributed by atoms with van der Waals surface area (Å²) in [6, 6.07) is 9.51. The molecule has 5 heteroatoms. The molecular weight excluding hydrogens is 347 g/mol. The van der Waals surface area contributed by atoms with Crippen molar-refractivity contribution in [3.8, 4) is 0 Å². The second kappa shape index (κ2) is 6.12. The van der Waals surface area contributed by atoms with Crippen LogP contribution >= 0.6 is 39.1 Å². The van der Waals surface area contributed by atoms with Gasteiger partial charge >= 0.3 is 0 Å². The summed E-state index contributed by atoms with van der Waals surface area (Å²) in [5, 5.41) is 4.71. The summed E-state index contributed by atoms with van der Waals surface area (Å²) >= 11 is 15.5. The summed E-state index contributed by atoms with van der Waals surface area (Å²) < 4.78 is 0.827. The van der Waals surface area contributed by atoms with Crippen LogP contribution < -0.4 is 5.32 Å². The van der Waals surface area contributed by atoms with E-state index in [1.54, 1.807) is 6.07 Å². The van der Waals surface area contributed by atoms with Crippen LogP contribution in [0.15, 0.2) is 34.9 Å². The molecule has 19 heavy (non-hydrogen) atoms. The number of rotatable bonds is 3. The quantitative estimate of drug-likeness (QED) is 0.718. The molecule has 0 saturated heterocycles. The van der Waals surface area contributed by atoms with Gasteiger partial charge in [0.15, 0.2) is 0 Å². The van der Waals surface area contributed by atoms with Crippen molar-refractivity contribution in [3.63, 3.8) is 0 Å². The lowest BCUT2D eigenvalue weighted by molar-refractivity contribution is 0.879. The fourth-order valence-corrected chi connectivity index (χ4v) is 2.82. The third-order valence-corrected chi connectivity index (χ3v) is 3.86. The molecule has 2 aromatic rings. The zero-order valence-electron chi connectivity index (χ0n) is 10.5. The Hall–Kier alpha value is -0.770. The van der Waals surface area contributed by atoms with Gasteiger partial charge in [0, 0.05) is 10.0 Å². The molecule has 0 aliphatic rings. The lowest BCUT2D eigenvalue weighted by atomic mass is 10.1. The number of anilines is 1. The smallest absolute Gasteiger partial charge is 0.106 e. The zero-order valence-corrected chi connectivity index (χ0v) is 13.6. The van der Waals surface area contributed by atoms with Crippen molar-refractivity contribution < 1.29 is 0 Å². The Morgan fingerprint density at radius 1 is 1.21 bits per heavy atom. The van der Waals surface area contributed by atoms with E-state index in [-0.39, 0.29) is 6.04 Å². The number of aryl methyl sites for hydroxylation is 1. The SMILES string of the molecule is Cc1nc(Br)ccc1NC(C)c1ccc(Cl)cc1Cl. The average molecular weight is 360 g/mol. The molecule has 100 valence electrons. The van der Waals surface area contributed by atoms with Crippen LogP contribution in [0.4, 0.5) is 5.69 Å². The van der Waals surface area contributed by atoms with E-state index in [9.17, 15) is 0 Å². The monoisotopic (exact) mass is 358 g/mol. The van der Waals surface area contributed by atoms with Gasteiger partial charge in [-0.25, -0.2) is 4.98 Å². The van der Waals surface area contributed by atoms with Gasteiger partial charge in [0.05, 0.1) is 17.4 Å². The van der Waals surface area contributed by atoms with Crippen molar-refractivity contribution in [1.82, 2.24) is 4.98 Å². The van der Waals surface area contributed by atoms with Crippen molar-refractivity contribution in [3.05, 3.63) is 56.2 Å². The average Bonchev–Trinajstić information content (AvgIpc) is 2.32. The molecule has 1 N–H and O–H groups in total. The number of aromatic nitrogens is 1. The van der Waals surface area contributed by atoms with Gasteiger partial charge in [0.2, 0.25) is 0 Å². The van der Waals surface area contributed by atoms with Crippen molar-refractivity contribution in [2.75, 3.05) is 5.32 Å². The molecule has 0 aliphatic heterocycles. The largest absolute Gasteiger partial charge is 0.377 e. The zero-order chi connectivity index (χ0) is 14.0. The van der Waals surface area contributed by atoms with Crippen molar-refractivity contribution >= 4 is 44.8 Å². The summed E-state index contributed by atoms with van der Waals surface area (Å²) in [5.74, 6) is 0. The fraction of sp³-hybridized carbons (Fsp3) is 0.214. The highest BCUT2D eigenvalue weighted by atomic mass is 79.9. The Balaban J connectivity index is 2.23. The molecule has 0 fully saturated rings. The third kappa shape index (κ3) is 3.62. The van der Waals surface area contributed by atoms with Crippen molar-refractivity contribution in [2.24, 2.45) is 0 Å². The summed E-state index contributed by atoms with van der Waals surface area (Å²) in [7, 11) is 0. The molecule has 0 aliphatic carbocycles. The first-order chi connectivity index (χ1) is 8.97. The minimum absolute atomic E-state index is 0.0754. The normalized spacial score (nSPS) is 12.3. The molecule has 0 saturated carbocycles. The van der Waals surface area contributed by atoms with E-state index in [0.29, 0.717) is 10.0 Å². The van der Waals surface area contributed by atoms with Crippen molar-refractivity contribution in [2.45, 2.75) is 19.9 Å². The molecule has 1 atom stereocenters. The van der Waals surface area contributed by atoms with Crippen LogP contribution in [0.1, 0.15) is 24.2 Å². The molecule has 1 heterocycles. The van der Waals surface area contributed by atoms with Crippen LogP contribution in [0.3, 0.4) is 0 Å². The summed E-state index contributed by atoms with van der Waals surface area (Å²) in [6.45, 7) is 4.01. The Morgan fingerprint density at radius 2 is 1.95 bits per heavy atom. The highest BCUT2D eigenvalue weighted by Gasteiger charge is 2.11. The highest BCUT2D eigenvalue weighted by molar-refractivity contribution is 9.10. The van der Waals surface area contributed by atoms with E-state index in [4.69, 9.17) is 23.2 Å². The van der Waals surface area contributed by atoms with E-state index >= 15 is 0 Å². The Morgan fingerprint density at radius 3 is 2.58 bits per heavy atom. The Bertz CT molecular complexity index is 602. The maximum absolute atomic E-state index is 6.21. The van der Waals surface area contributed by atoms with Gasteiger partial charge in [-0.3, -0.25) is 0 Å². The topological polar surface area (TPSA) is 24.9 Å². The Kier molecular flexibility index (Phi) is 4.71. The fourth-order valence-electron chi connectivity index (χ4n) is 1.85. The predicted octanol–water partition coefficient (Wildman–Crippen LogP) is 5.63. The number of pyridine rings is 1. The standard InChI is InChI=1S/C14H13BrCl2N2/c1-8(11-4-3-10(16)7-12(11)17)18-13-5-6-14(15)19-9(13)2/h3-8,18H,1-2H3. The van der Waals surface area contributed by atoms with Crippen LogP contribution in [0.5, 0.6) is 0 Å². The molecule has 1 unspecified atom stereocenters. The summed E-state index contributed by atoms with van der Waals surface area (Å²) in [4.78, 5) is 4.36. The van der Waals surface area contributed by atoms with Gasteiger partial charge in [-0.15, -0.1) is 0 Å². The van der Waals surface area contributed by atoms with Gasteiger partial charge in [-0.1, -0.05) is 29.3 Å². The van der Waals surface area contributed by atoms with E-state index in [2.05, 4.69) is 33.2 Å². The number of nitrogens with one attached hydrogen (secondary N) is 1. The van der Waals surface area contributed by atoms with Gasteiger partial charge in [-0.05, 0) is 59.6 Å². The lowest BCUT2D eigenvalue weighted by Crippen LogP contribution is -2.08. The van der Waals surface area contributed by atoms with E-state index in [1.807, 2.05) is 31.2 Å². The second-order valence-corrected chi connectivity index (χ2v) is 5.95. The predicted molar refractivity (Wildman–Crippen MR) is 85.2 cm³/mol.